The molecule has 0 radical (unpaired) electrons. The van der Waals surface area contributed by atoms with Gasteiger partial charge in [-0.3, -0.25) is 9.88 Å². The van der Waals surface area contributed by atoms with Gasteiger partial charge in [0.1, 0.15) is 0 Å². The Bertz CT molecular complexity index is 384. The molecule has 82 valence electrons. The highest BCUT2D eigenvalue weighted by molar-refractivity contribution is 7.72. The van der Waals surface area contributed by atoms with Crippen LogP contribution in [0, 0.1) is 0 Å². The Labute approximate surface area is 90.9 Å². The van der Waals surface area contributed by atoms with Crippen molar-refractivity contribution in [1.82, 2.24) is 9.88 Å². The van der Waals surface area contributed by atoms with Crippen molar-refractivity contribution in [2.75, 3.05) is 12.4 Å². The number of hydrogen-bond donors (Lipinski definition) is 1. The Hall–Kier alpha value is -0.940. The van der Waals surface area contributed by atoms with E-state index >= 15 is 0 Å². The van der Waals surface area contributed by atoms with Gasteiger partial charge in [-0.05, 0) is 31.0 Å². The predicted molar refractivity (Wildman–Crippen MR) is 58.1 cm³/mol. The van der Waals surface area contributed by atoms with Gasteiger partial charge in [-0.15, -0.1) is 0 Å². The Balaban J connectivity index is 2.14. The molecule has 1 fully saturated rings. The number of nitrogens with zero attached hydrogens (tertiary/aromatic N) is 2. The molecule has 0 saturated carbocycles. The summed E-state index contributed by atoms with van der Waals surface area (Å²) in [6, 6.07) is 4.13. The Morgan fingerprint density at radius 2 is 2.40 bits per heavy atom. The van der Waals surface area contributed by atoms with Gasteiger partial charge in [0.2, 0.25) is 0 Å². The molecule has 2 heterocycles. The topological polar surface area (TPSA) is 50.3 Å². The van der Waals surface area contributed by atoms with Crippen LogP contribution < -0.4 is 0 Å². The maximum absolute atomic E-state index is 10.7. The first-order chi connectivity index (χ1) is 7.27. The molecule has 1 unspecified atom stereocenters. The van der Waals surface area contributed by atoms with Crippen LogP contribution in [0.1, 0.15) is 24.4 Å². The summed E-state index contributed by atoms with van der Waals surface area (Å²) in [6.07, 6.45) is 5.63. The van der Waals surface area contributed by atoms with Gasteiger partial charge in [-0.2, -0.15) is 0 Å². The van der Waals surface area contributed by atoms with Crippen molar-refractivity contribution in [3.63, 3.8) is 0 Å². The van der Waals surface area contributed by atoms with E-state index in [0.29, 0.717) is 0 Å². The van der Waals surface area contributed by atoms with Crippen LogP contribution in [0.5, 0.6) is 0 Å². The molecule has 0 bridgehead atoms. The first-order valence-electron chi connectivity index (χ1n) is 5.03. The van der Waals surface area contributed by atoms with Crippen LogP contribution in [0.4, 0.5) is 0 Å². The molecule has 1 aliphatic rings. The third kappa shape index (κ3) is 2.54. The van der Waals surface area contributed by atoms with Gasteiger partial charge in [-0.25, -0.2) is 8.42 Å². The van der Waals surface area contributed by atoms with Crippen molar-refractivity contribution in [3.05, 3.63) is 30.1 Å². The normalized spacial score (nSPS) is 22.3. The summed E-state index contributed by atoms with van der Waals surface area (Å²) < 4.78 is 21.4. The average Bonchev–Trinajstić information content (AvgIpc) is 2.66. The summed E-state index contributed by atoms with van der Waals surface area (Å²) in [7, 11) is -2.32. The second-order valence-corrected chi connectivity index (χ2v) is 4.68. The monoisotopic (exact) mass is 226 g/mol. The minimum absolute atomic E-state index is 0.162. The van der Waals surface area contributed by atoms with Crippen LogP contribution in [0.15, 0.2) is 24.5 Å². The molecule has 1 aliphatic heterocycles. The standard InChI is InChI=1S/C10H14N2O2S/c13-15(14)8-12-6-2-4-10(12)9-3-1-5-11-7-9/h1,3,5,7,10,15H,2,4,6,8H2. The zero-order valence-electron chi connectivity index (χ0n) is 8.37. The largest absolute Gasteiger partial charge is 0.283 e. The van der Waals surface area contributed by atoms with Crippen molar-refractivity contribution < 1.29 is 8.42 Å². The molecule has 0 aromatic carbocycles. The van der Waals surface area contributed by atoms with Gasteiger partial charge in [0.25, 0.3) is 0 Å². The lowest BCUT2D eigenvalue weighted by Crippen LogP contribution is -2.25. The highest BCUT2D eigenvalue weighted by Crippen LogP contribution is 2.30. The molecule has 15 heavy (non-hydrogen) atoms. The van der Waals surface area contributed by atoms with Crippen molar-refractivity contribution >= 4 is 10.7 Å². The van der Waals surface area contributed by atoms with Crippen LogP contribution in [0.25, 0.3) is 0 Å². The fourth-order valence-corrected chi connectivity index (χ4v) is 2.73. The van der Waals surface area contributed by atoms with Crippen molar-refractivity contribution in [2.45, 2.75) is 18.9 Å². The van der Waals surface area contributed by atoms with Gasteiger partial charge in [0.15, 0.2) is 10.7 Å². The molecule has 1 atom stereocenters. The summed E-state index contributed by atoms with van der Waals surface area (Å²) in [5.74, 6) is 0.162. The lowest BCUT2D eigenvalue weighted by atomic mass is 10.1. The molecule has 0 aliphatic carbocycles. The van der Waals surface area contributed by atoms with Crippen molar-refractivity contribution in [1.29, 1.82) is 0 Å². The Morgan fingerprint density at radius 1 is 1.53 bits per heavy atom. The predicted octanol–water partition coefficient (Wildman–Crippen LogP) is 0.787. The van der Waals surface area contributed by atoms with Gasteiger partial charge in [0.05, 0.1) is 5.88 Å². The quantitative estimate of drug-likeness (QED) is 0.774. The molecule has 5 heteroatoms. The third-order valence-electron chi connectivity index (χ3n) is 2.73. The SMILES string of the molecule is O=[SH](=O)CN1CCCC1c1cccnc1. The van der Waals surface area contributed by atoms with Gasteiger partial charge >= 0.3 is 0 Å². The van der Waals surface area contributed by atoms with Crippen molar-refractivity contribution in [3.8, 4) is 0 Å². The lowest BCUT2D eigenvalue weighted by molar-refractivity contribution is 0.298. The molecule has 0 spiro atoms. The molecule has 1 aromatic heterocycles. The zero-order chi connectivity index (χ0) is 10.7. The van der Waals surface area contributed by atoms with E-state index in [1.54, 1.807) is 6.20 Å². The number of likely N-dealkylation sites (tertiary alicyclic amines) is 1. The minimum Gasteiger partial charge on any atom is -0.283 e. The van der Waals surface area contributed by atoms with Crippen molar-refractivity contribution in [2.24, 2.45) is 0 Å². The molecular formula is C10H14N2O2S. The molecular weight excluding hydrogens is 212 g/mol. The van der Waals surface area contributed by atoms with Crippen LogP contribution in [-0.2, 0) is 10.7 Å². The fraction of sp³-hybridized carbons (Fsp3) is 0.500. The maximum Gasteiger partial charge on any atom is 0.153 e. The molecule has 0 N–H and O–H groups in total. The summed E-state index contributed by atoms with van der Waals surface area (Å²) in [5, 5.41) is 0. The number of hydrogen-bond acceptors (Lipinski definition) is 4. The zero-order valence-corrected chi connectivity index (χ0v) is 9.27. The highest BCUT2D eigenvalue weighted by atomic mass is 32.2. The van der Waals surface area contributed by atoms with Gasteiger partial charge in [0, 0.05) is 18.4 Å². The molecule has 4 nitrogen and oxygen atoms in total. The van der Waals surface area contributed by atoms with Crippen LogP contribution in [0.3, 0.4) is 0 Å². The van der Waals surface area contributed by atoms with Gasteiger partial charge in [-0.1, -0.05) is 6.07 Å². The number of thiol groups is 1. The fourth-order valence-electron chi connectivity index (χ4n) is 2.09. The lowest BCUT2D eigenvalue weighted by Gasteiger charge is -2.21. The highest BCUT2D eigenvalue weighted by Gasteiger charge is 2.26. The van der Waals surface area contributed by atoms with Crippen LogP contribution >= 0.6 is 0 Å². The molecule has 1 aromatic rings. The minimum atomic E-state index is -2.32. The van der Waals surface area contributed by atoms with Gasteiger partial charge < -0.3 is 0 Å². The van der Waals surface area contributed by atoms with E-state index in [4.69, 9.17) is 0 Å². The average molecular weight is 226 g/mol. The van der Waals surface area contributed by atoms with E-state index in [-0.39, 0.29) is 11.9 Å². The second-order valence-electron chi connectivity index (χ2n) is 3.73. The third-order valence-corrected chi connectivity index (χ3v) is 3.32. The molecule has 2 rings (SSSR count). The summed E-state index contributed by atoms with van der Waals surface area (Å²) >= 11 is 0. The smallest absolute Gasteiger partial charge is 0.153 e. The van der Waals surface area contributed by atoms with E-state index in [2.05, 4.69) is 4.98 Å². The second kappa shape index (κ2) is 4.72. The first-order valence-corrected chi connectivity index (χ1v) is 6.39. The van der Waals surface area contributed by atoms with Crippen LogP contribution in [-0.4, -0.2) is 30.7 Å². The number of aromatic nitrogens is 1. The summed E-state index contributed by atoms with van der Waals surface area (Å²) in [6.45, 7) is 0.864. The Morgan fingerprint density at radius 3 is 3.07 bits per heavy atom. The molecule has 1 saturated heterocycles. The number of pyridine rings is 1. The van der Waals surface area contributed by atoms with E-state index in [1.807, 2.05) is 23.2 Å². The van der Waals surface area contributed by atoms with E-state index < -0.39 is 10.7 Å². The summed E-state index contributed by atoms with van der Waals surface area (Å²) in [5.41, 5.74) is 1.12. The van der Waals surface area contributed by atoms with E-state index in [9.17, 15) is 8.42 Å². The maximum atomic E-state index is 10.7. The molecule has 0 amide bonds. The van der Waals surface area contributed by atoms with E-state index in [0.717, 1.165) is 24.9 Å². The van der Waals surface area contributed by atoms with E-state index in [1.165, 1.54) is 0 Å². The number of rotatable bonds is 3. The first kappa shape index (κ1) is 10.6. The summed E-state index contributed by atoms with van der Waals surface area (Å²) in [4.78, 5) is 6.07. The van der Waals surface area contributed by atoms with Crippen LogP contribution in [0.2, 0.25) is 0 Å². The Kier molecular flexibility index (Phi) is 3.33.